The fourth-order valence-corrected chi connectivity index (χ4v) is 1.94. The lowest BCUT2D eigenvalue weighted by atomic mass is 10.2. The molecule has 1 aromatic rings. The molecule has 5 nitrogen and oxygen atoms in total. The van der Waals surface area contributed by atoms with Gasteiger partial charge in [-0.3, -0.25) is 0 Å². The molecule has 0 spiro atoms. The molecular formula is C11H18N4O. The van der Waals surface area contributed by atoms with Crippen LogP contribution >= 0.6 is 0 Å². The zero-order valence-corrected chi connectivity index (χ0v) is 9.57. The van der Waals surface area contributed by atoms with Crippen LogP contribution < -0.4 is 11.1 Å². The molecule has 3 N–H and O–H groups in total. The summed E-state index contributed by atoms with van der Waals surface area (Å²) in [6.07, 6.45) is 4.90. The van der Waals surface area contributed by atoms with Gasteiger partial charge in [-0.1, -0.05) is 6.92 Å². The molecule has 1 saturated heterocycles. The van der Waals surface area contributed by atoms with Crippen LogP contribution in [0.2, 0.25) is 0 Å². The van der Waals surface area contributed by atoms with E-state index in [9.17, 15) is 0 Å². The Morgan fingerprint density at radius 3 is 3.12 bits per heavy atom. The molecule has 1 fully saturated rings. The summed E-state index contributed by atoms with van der Waals surface area (Å²) in [5, 5.41) is 3.29. The molecule has 2 heterocycles. The van der Waals surface area contributed by atoms with Crippen molar-refractivity contribution in [2.75, 3.05) is 24.2 Å². The Labute approximate surface area is 95.4 Å². The second-order valence-electron chi connectivity index (χ2n) is 3.96. The van der Waals surface area contributed by atoms with Gasteiger partial charge in [0.05, 0.1) is 6.10 Å². The van der Waals surface area contributed by atoms with Crippen LogP contribution in [0.4, 0.5) is 11.6 Å². The van der Waals surface area contributed by atoms with Crippen molar-refractivity contribution in [1.29, 1.82) is 0 Å². The van der Waals surface area contributed by atoms with Gasteiger partial charge < -0.3 is 15.8 Å². The highest BCUT2D eigenvalue weighted by atomic mass is 16.5. The molecule has 2 rings (SSSR count). The molecular weight excluding hydrogens is 204 g/mol. The van der Waals surface area contributed by atoms with Crippen LogP contribution in [-0.2, 0) is 11.2 Å². The minimum absolute atomic E-state index is 0.306. The number of ether oxygens (including phenoxy) is 1. The van der Waals surface area contributed by atoms with Crippen molar-refractivity contribution in [3.63, 3.8) is 0 Å². The van der Waals surface area contributed by atoms with Gasteiger partial charge in [-0.15, -0.1) is 0 Å². The Hall–Kier alpha value is -1.36. The molecule has 0 radical (unpaired) electrons. The maximum atomic E-state index is 5.79. The molecule has 1 atom stereocenters. The zero-order valence-electron chi connectivity index (χ0n) is 9.57. The number of rotatable bonds is 4. The van der Waals surface area contributed by atoms with Crippen molar-refractivity contribution in [2.24, 2.45) is 0 Å². The van der Waals surface area contributed by atoms with Crippen LogP contribution in [-0.4, -0.2) is 29.2 Å². The van der Waals surface area contributed by atoms with Gasteiger partial charge in [0.1, 0.15) is 18.0 Å². The van der Waals surface area contributed by atoms with E-state index >= 15 is 0 Å². The van der Waals surface area contributed by atoms with Gasteiger partial charge in [-0.05, 0) is 19.3 Å². The molecule has 0 saturated carbocycles. The number of nitrogens with two attached hydrogens (primary N) is 1. The van der Waals surface area contributed by atoms with Crippen LogP contribution in [0.1, 0.15) is 25.3 Å². The topological polar surface area (TPSA) is 73.1 Å². The van der Waals surface area contributed by atoms with Crippen molar-refractivity contribution in [3.8, 4) is 0 Å². The smallest absolute Gasteiger partial charge is 0.134 e. The fourth-order valence-electron chi connectivity index (χ4n) is 1.94. The molecule has 1 aliphatic heterocycles. The van der Waals surface area contributed by atoms with Crippen LogP contribution in [0.15, 0.2) is 6.33 Å². The first-order valence-corrected chi connectivity index (χ1v) is 5.76. The highest BCUT2D eigenvalue weighted by Gasteiger charge is 2.16. The van der Waals surface area contributed by atoms with Crippen LogP contribution in [0.3, 0.4) is 0 Å². The molecule has 1 aliphatic rings. The van der Waals surface area contributed by atoms with E-state index in [1.54, 1.807) is 0 Å². The average Bonchev–Trinajstić information content (AvgIpc) is 2.79. The van der Waals surface area contributed by atoms with Gasteiger partial charge in [-0.25, -0.2) is 9.97 Å². The Morgan fingerprint density at radius 2 is 2.44 bits per heavy atom. The van der Waals surface area contributed by atoms with Gasteiger partial charge in [0.25, 0.3) is 0 Å². The van der Waals surface area contributed by atoms with E-state index in [1.807, 2.05) is 6.92 Å². The molecule has 5 heteroatoms. The number of anilines is 2. The number of aromatic nitrogens is 2. The lowest BCUT2D eigenvalue weighted by molar-refractivity contribution is 0.120. The SMILES string of the molecule is CCc1c(N)ncnc1NCC1CCCO1. The highest BCUT2D eigenvalue weighted by molar-refractivity contribution is 5.54. The summed E-state index contributed by atoms with van der Waals surface area (Å²) in [5.74, 6) is 1.40. The van der Waals surface area contributed by atoms with Gasteiger partial charge in [0, 0.05) is 18.7 Å². The number of hydrogen-bond acceptors (Lipinski definition) is 5. The first-order chi connectivity index (χ1) is 7.81. The van der Waals surface area contributed by atoms with E-state index < -0.39 is 0 Å². The van der Waals surface area contributed by atoms with E-state index in [-0.39, 0.29) is 0 Å². The van der Waals surface area contributed by atoms with Crippen LogP contribution in [0.5, 0.6) is 0 Å². The van der Waals surface area contributed by atoms with Crippen LogP contribution in [0, 0.1) is 0 Å². The average molecular weight is 222 g/mol. The predicted octanol–water partition coefficient (Wildman–Crippen LogP) is 1.21. The van der Waals surface area contributed by atoms with Crippen molar-refractivity contribution < 1.29 is 4.74 Å². The fraction of sp³-hybridized carbons (Fsp3) is 0.636. The monoisotopic (exact) mass is 222 g/mol. The lowest BCUT2D eigenvalue weighted by Gasteiger charge is -2.14. The zero-order chi connectivity index (χ0) is 11.4. The molecule has 16 heavy (non-hydrogen) atoms. The molecule has 0 aliphatic carbocycles. The second kappa shape index (κ2) is 5.12. The second-order valence-corrected chi connectivity index (χ2v) is 3.96. The normalized spacial score (nSPS) is 19.9. The van der Waals surface area contributed by atoms with Gasteiger partial charge in [0.15, 0.2) is 0 Å². The third-order valence-corrected chi connectivity index (χ3v) is 2.85. The van der Waals surface area contributed by atoms with E-state index in [0.717, 1.165) is 43.8 Å². The van der Waals surface area contributed by atoms with Crippen molar-refractivity contribution >= 4 is 11.6 Å². The minimum atomic E-state index is 0.306. The molecule has 0 bridgehead atoms. The lowest BCUT2D eigenvalue weighted by Crippen LogP contribution is -2.20. The summed E-state index contributed by atoms with van der Waals surface area (Å²) in [6.45, 7) is 3.72. The Balaban J connectivity index is 2.00. The predicted molar refractivity (Wildman–Crippen MR) is 63.3 cm³/mol. The maximum Gasteiger partial charge on any atom is 0.134 e. The Kier molecular flexibility index (Phi) is 3.56. The van der Waals surface area contributed by atoms with Crippen molar-refractivity contribution in [1.82, 2.24) is 9.97 Å². The van der Waals surface area contributed by atoms with Gasteiger partial charge in [0.2, 0.25) is 0 Å². The standard InChI is InChI=1S/C11H18N4O/c1-2-9-10(12)14-7-15-11(9)13-6-8-4-3-5-16-8/h7-8H,2-6H2,1H3,(H3,12,13,14,15). The molecule has 88 valence electrons. The van der Waals surface area contributed by atoms with E-state index in [1.165, 1.54) is 6.33 Å². The summed E-state index contributed by atoms with van der Waals surface area (Å²) >= 11 is 0. The number of nitrogen functional groups attached to an aromatic ring is 1. The van der Waals surface area contributed by atoms with Gasteiger partial charge >= 0.3 is 0 Å². The van der Waals surface area contributed by atoms with Crippen molar-refractivity contribution in [2.45, 2.75) is 32.3 Å². The third kappa shape index (κ3) is 2.41. The summed E-state index contributed by atoms with van der Waals surface area (Å²) < 4.78 is 5.54. The summed E-state index contributed by atoms with van der Waals surface area (Å²) in [4.78, 5) is 8.20. The summed E-state index contributed by atoms with van der Waals surface area (Å²) in [5.41, 5.74) is 6.78. The van der Waals surface area contributed by atoms with E-state index in [4.69, 9.17) is 10.5 Å². The minimum Gasteiger partial charge on any atom is -0.383 e. The van der Waals surface area contributed by atoms with Crippen LogP contribution in [0.25, 0.3) is 0 Å². The first kappa shape index (κ1) is 11.1. The first-order valence-electron chi connectivity index (χ1n) is 5.76. The quantitative estimate of drug-likeness (QED) is 0.801. The Bertz CT molecular complexity index is 350. The van der Waals surface area contributed by atoms with E-state index in [2.05, 4.69) is 15.3 Å². The number of hydrogen-bond donors (Lipinski definition) is 2. The van der Waals surface area contributed by atoms with Gasteiger partial charge in [-0.2, -0.15) is 0 Å². The third-order valence-electron chi connectivity index (χ3n) is 2.85. The largest absolute Gasteiger partial charge is 0.383 e. The Morgan fingerprint density at radius 1 is 1.56 bits per heavy atom. The molecule has 1 unspecified atom stereocenters. The summed E-state index contributed by atoms with van der Waals surface area (Å²) in [6, 6.07) is 0. The maximum absolute atomic E-state index is 5.79. The molecule has 0 amide bonds. The molecule has 0 aromatic carbocycles. The molecule has 1 aromatic heterocycles. The number of nitrogens with zero attached hydrogens (tertiary/aromatic N) is 2. The summed E-state index contributed by atoms with van der Waals surface area (Å²) in [7, 11) is 0. The highest BCUT2D eigenvalue weighted by Crippen LogP contribution is 2.19. The van der Waals surface area contributed by atoms with Crippen molar-refractivity contribution in [3.05, 3.63) is 11.9 Å². The number of nitrogens with one attached hydrogen (secondary N) is 1. The van der Waals surface area contributed by atoms with E-state index in [0.29, 0.717) is 11.9 Å².